The summed E-state index contributed by atoms with van der Waals surface area (Å²) < 4.78 is 0. The number of unbranched alkanes of at least 4 members (excludes halogenated alkanes) is 1. The molecule has 19 heavy (non-hydrogen) atoms. The normalized spacial score (nSPS) is 14.1. The summed E-state index contributed by atoms with van der Waals surface area (Å²) in [5, 5.41) is 3.80. The van der Waals surface area contributed by atoms with Gasteiger partial charge >= 0.3 is 0 Å². The molecular weight excluding hydrogens is 260 g/mol. The van der Waals surface area contributed by atoms with E-state index in [2.05, 4.69) is 15.3 Å². The maximum atomic E-state index is 11.3. The summed E-state index contributed by atoms with van der Waals surface area (Å²) in [6.45, 7) is 3.79. The molecule has 0 saturated heterocycles. The second-order valence-corrected chi connectivity index (χ2v) is 5.79. The Balaban J connectivity index is 2.26. The van der Waals surface area contributed by atoms with E-state index in [1.165, 1.54) is 0 Å². The van der Waals surface area contributed by atoms with Crippen LogP contribution in [-0.4, -0.2) is 34.2 Å². The van der Waals surface area contributed by atoms with Crippen molar-refractivity contribution in [3.63, 3.8) is 0 Å². The van der Waals surface area contributed by atoms with Crippen LogP contribution in [0.15, 0.2) is 17.4 Å². The third kappa shape index (κ3) is 5.16. The Morgan fingerprint density at radius 3 is 2.84 bits per heavy atom. The predicted molar refractivity (Wildman–Crippen MR) is 78.0 cm³/mol. The van der Waals surface area contributed by atoms with E-state index in [4.69, 9.17) is 5.73 Å². The molecule has 0 radical (unpaired) electrons. The van der Waals surface area contributed by atoms with Gasteiger partial charge < -0.3 is 11.1 Å². The van der Waals surface area contributed by atoms with Crippen LogP contribution in [0.25, 0.3) is 0 Å². The summed E-state index contributed by atoms with van der Waals surface area (Å²) in [7, 11) is 1.76. The summed E-state index contributed by atoms with van der Waals surface area (Å²) in [6.07, 6.45) is 4.47. The molecule has 0 fully saturated rings. The number of aromatic nitrogens is 2. The number of aryl methyl sites for hydroxylation is 1. The van der Waals surface area contributed by atoms with Crippen molar-refractivity contribution in [3.05, 3.63) is 18.0 Å². The molecule has 6 heteroatoms. The number of rotatable bonds is 8. The van der Waals surface area contributed by atoms with E-state index in [9.17, 15) is 4.79 Å². The van der Waals surface area contributed by atoms with E-state index < -0.39 is 5.54 Å². The van der Waals surface area contributed by atoms with Crippen LogP contribution in [0, 0.1) is 6.92 Å². The Labute approximate surface area is 118 Å². The van der Waals surface area contributed by atoms with E-state index in [-0.39, 0.29) is 5.91 Å². The highest BCUT2D eigenvalue weighted by Crippen LogP contribution is 2.18. The molecule has 1 aromatic heterocycles. The van der Waals surface area contributed by atoms with Crippen molar-refractivity contribution in [2.45, 2.75) is 43.8 Å². The fourth-order valence-electron chi connectivity index (χ4n) is 1.61. The Morgan fingerprint density at radius 1 is 1.53 bits per heavy atom. The van der Waals surface area contributed by atoms with Gasteiger partial charge in [0, 0.05) is 17.6 Å². The Morgan fingerprint density at radius 2 is 2.26 bits per heavy atom. The van der Waals surface area contributed by atoms with E-state index >= 15 is 0 Å². The summed E-state index contributed by atoms with van der Waals surface area (Å²) in [6, 6.07) is 1.88. The summed E-state index contributed by atoms with van der Waals surface area (Å²) >= 11 is 1.64. The van der Waals surface area contributed by atoms with Crippen LogP contribution in [0.4, 0.5) is 0 Å². The molecule has 1 unspecified atom stereocenters. The quantitative estimate of drug-likeness (QED) is 0.429. The molecule has 0 aliphatic rings. The average Bonchev–Trinajstić information content (AvgIpc) is 2.38. The van der Waals surface area contributed by atoms with Crippen molar-refractivity contribution in [1.82, 2.24) is 15.3 Å². The van der Waals surface area contributed by atoms with E-state index in [1.807, 2.05) is 19.9 Å². The number of nitrogens with two attached hydrogens (primary N) is 1. The van der Waals surface area contributed by atoms with Crippen LogP contribution in [0.2, 0.25) is 0 Å². The summed E-state index contributed by atoms with van der Waals surface area (Å²) in [4.78, 5) is 19.8. The third-order valence-corrected chi connectivity index (χ3v) is 4.12. The van der Waals surface area contributed by atoms with Gasteiger partial charge in [0.15, 0.2) is 5.16 Å². The number of hydrogen-bond donors (Lipinski definition) is 2. The number of carbonyl (C=O) groups is 1. The molecule has 3 N–H and O–H groups in total. The fourth-order valence-corrected chi connectivity index (χ4v) is 2.49. The zero-order chi connectivity index (χ0) is 14.3. The van der Waals surface area contributed by atoms with Gasteiger partial charge in [0.2, 0.25) is 5.91 Å². The number of nitrogens with one attached hydrogen (secondary N) is 1. The molecule has 1 rings (SSSR count). The Hall–Kier alpha value is -1.14. The number of carbonyl (C=O) groups excluding carboxylic acids is 1. The molecular formula is C13H22N4OS. The largest absolute Gasteiger partial charge is 0.368 e. The van der Waals surface area contributed by atoms with Crippen LogP contribution >= 0.6 is 11.8 Å². The summed E-state index contributed by atoms with van der Waals surface area (Å²) in [5.41, 5.74) is 5.75. The number of thioether (sulfide) groups is 1. The van der Waals surface area contributed by atoms with Gasteiger partial charge in [0.05, 0.1) is 5.54 Å². The first kappa shape index (κ1) is 15.9. The third-order valence-electron chi connectivity index (χ3n) is 3.17. The van der Waals surface area contributed by atoms with Gasteiger partial charge in [0.25, 0.3) is 0 Å². The van der Waals surface area contributed by atoms with Gasteiger partial charge in [-0.05, 0) is 39.8 Å². The van der Waals surface area contributed by atoms with Crippen LogP contribution < -0.4 is 11.1 Å². The first-order chi connectivity index (χ1) is 8.98. The van der Waals surface area contributed by atoms with Crippen LogP contribution in [-0.2, 0) is 4.79 Å². The minimum atomic E-state index is -0.607. The van der Waals surface area contributed by atoms with Crippen molar-refractivity contribution < 1.29 is 4.79 Å². The van der Waals surface area contributed by atoms with Crippen molar-refractivity contribution >= 4 is 17.7 Å². The topological polar surface area (TPSA) is 80.9 Å². The minimum Gasteiger partial charge on any atom is -0.368 e. The maximum Gasteiger partial charge on any atom is 0.237 e. The molecule has 0 spiro atoms. The van der Waals surface area contributed by atoms with Gasteiger partial charge in [-0.3, -0.25) is 4.79 Å². The molecule has 1 atom stereocenters. The first-order valence-corrected chi connectivity index (χ1v) is 7.38. The predicted octanol–water partition coefficient (Wildman–Crippen LogP) is 1.51. The maximum absolute atomic E-state index is 11.3. The molecule has 5 nitrogen and oxygen atoms in total. The number of primary amides is 1. The Kier molecular flexibility index (Phi) is 6.24. The number of likely N-dealkylation sites (N-methyl/N-ethyl adjacent to an activating group) is 1. The molecule has 106 valence electrons. The minimum absolute atomic E-state index is 0.301. The average molecular weight is 282 g/mol. The van der Waals surface area contributed by atoms with Crippen LogP contribution in [0.3, 0.4) is 0 Å². The zero-order valence-corrected chi connectivity index (χ0v) is 12.6. The van der Waals surface area contributed by atoms with E-state index in [1.54, 1.807) is 25.0 Å². The SMILES string of the molecule is CNC(C)(CCCCSc1nccc(C)n1)C(N)=O. The standard InChI is InChI=1S/C13H22N4OS/c1-10-6-8-16-12(17-10)19-9-5-4-7-13(2,15-3)11(14)18/h6,8,15H,4-5,7,9H2,1-3H3,(H2,14,18). The lowest BCUT2D eigenvalue weighted by Crippen LogP contribution is -2.51. The molecule has 0 bridgehead atoms. The lowest BCUT2D eigenvalue weighted by Gasteiger charge is -2.25. The monoisotopic (exact) mass is 282 g/mol. The molecule has 0 saturated carbocycles. The van der Waals surface area contributed by atoms with Gasteiger partial charge in [-0.15, -0.1) is 0 Å². The summed E-state index contributed by atoms with van der Waals surface area (Å²) in [5.74, 6) is 0.645. The molecule has 1 aromatic rings. The van der Waals surface area contributed by atoms with Gasteiger partial charge in [-0.1, -0.05) is 18.2 Å². The highest BCUT2D eigenvalue weighted by molar-refractivity contribution is 7.99. The molecule has 0 aliphatic carbocycles. The van der Waals surface area contributed by atoms with Crippen molar-refractivity contribution in [3.8, 4) is 0 Å². The lowest BCUT2D eigenvalue weighted by molar-refractivity contribution is -0.123. The fraction of sp³-hybridized carbons (Fsp3) is 0.615. The molecule has 1 amide bonds. The second kappa shape index (κ2) is 7.45. The van der Waals surface area contributed by atoms with Crippen LogP contribution in [0.1, 0.15) is 31.9 Å². The smallest absolute Gasteiger partial charge is 0.237 e. The first-order valence-electron chi connectivity index (χ1n) is 6.39. The van der Waals surface area contributed by atoms with E-state index in [0.29, 0.717) is 0 Å². The highest BCUT2D eigenvalue weighted by atomic mass is 32.2. The number of amides is 1. The lowest BCUT2D eigenvalue weighted by atomic mass is 9.94. The number of nitrogens with zero attached hydrogens (tertiary/aromatic N) is 2. The van der Waals surface area contributed by atoms with Crippen molar-refractivity contribution in [2.75, 3.05) is 12.8 Å². The zero-order valence-electron chi connectivity index (χ0n) is 11.8. The second-order valence-electron chi connectivity index (χ2n) is 4.73. The molecule has 1 heterocycles. The van der Waals surface area contributed by atoms with Gasteiger partial charge in [0.1, 0.15) is 0 Å². The van der Waals surface area contributed by atoms with Crippen molar-refractivity contribution in [2.24, 2.45) is 5.73 Å². The van der Waals surface area contributed by atoms with Gasteiger partial charge in [-0.2, -0.15) is 0 Å². The van der Waals surface area contributed by atoms with Gasteiger partial charge in [-0.25, -0.2) is 9.97 Å². The van der Waals surface area contributed by atoms with Crippen molar-refractivity contribution in [1.29, 1.82) is 0 Å². The van der Waals surface area contributed by atoms with Crippen LogP contribution in [0.5, 0.6) is 0 Å². The molecule has 0 aliphatic heterocycles. The highest BCUT2D eigenvalue weighted by Gasteiger charge is 2.27. The van der Waals surface area contributed by atoms with E-state index in [0.717, 1.165) is 35.9 Å². The Bertz CT molecular complexity index is 427. The number of hydrogen-bond acceptors (Lipinski definition) is 5. The molecule has 0 aromatic carbocycles.